The average Bonchev–Trinajstić information content (AvgIpc) is 2.84. The summed E-state index contributed by atoms with van der Waals surface area (Å²) >= 11 is 1.68. The maximum absolute atomic E-state index is 4.67. The third kappa shape index (κ3) is 2.11. The minimum atomic E-state index is 0.877. The second kappa shape index (κ2) is 5.21. The number of allylic oxidation sites excluding steroid dienone is 1. The Hall–Kier alpha value is -2.20. The first kappa shape index (κ1) is 13.5. The number of benzene rings is 1. The first-order chi connectivity index (χ1) is 10.7. The van der Waals surface area contributed by atoms with Crippen LogP contribution in [-0.2, 0) is 6.42 Å². The number of aromatic nitrogens is 2. The van der Waals surface area contributed by atoms with Gasteiger partial charge in [0.05, 0.1) is 5.69 Å². The lowest BCUT2D eigenvalue weighted by Crippen LogP contribution is -2.08. The standard InChI is InChI=1S/C18H17N3S/c1-12-6-5-7-16-18(12)14(11-19-22-16)10-15-13(2)20-17-8-3-4-9-21(15)17/h3-9,11,19H,10H2,1-2H3. The van der Waals surface area contributed by atoms with Gasteiger partial charge in [0.25, 0.3) is 0 Å². The molecule has 0 fully saturated rings. The quantitative estimate of drug-likeness (QED) is 0.721. The second-order valence-electron chi connectivity index (χ2n) is 5.59. The Balaban J connectivity index is 1.81. The van der Waals surface area contributed by atoms with E-state index in [1.807, 2.05) is 6.07 Å². The second-order valence-corrected chi connectivity index (χ2v) is 6.47. The Kier molecular flexibility index (Phi) is 3.19. The van der Waals surface area contributed by atoms with Crippen LogP contribution in [0.1, 0.15) is 22.5 Å². The number of rotatable bonds is 2. The van der Waals surface area contributed by atoms with Gasteiger partial charge < -0.3 is 9.12 Å². The summed E-state index contributed by atoms with van der Waals surface area (Å²) in [5, 5.41) is 0. The van der Waals surface area contributed by atoms with Crippen molar-refractivity contribution in [3.8, 4) is 0 Å². The number of pyridine rings is 1. The molecule has 0 saturated heterocycles. The van der Waals surface area contributed by atoms with Crippen LogP contribution in [0.5, 0.6) is 0 Å². The molecule has 3 heterocycles. The van der Waals surface area contributed by atoms with Gasteiger partial charge in [0.1, 0.15) is 5.65 Å². The molecular formula is C18H17N3S. The van der Waals surface area contributed by atoms with Crippen LogP contribution in [0.15, 0.2) is 53.7 Å². The van der Waals surface area contributed by atoms with Gasteiger partial charge in [-0.2, -0.15) is 0 Å². The number of nitrogens with one attached hydrogen (secondary N) is 1. The van der Waals surface area contributed by atoms with E-state index in [2.05, 4.69) is 70.7 Å². The molecular weight excluding hydrogens is 290 g/mol. The minimum Gasteiger partial charge on any atom is -0.332 e. The molecule has 0 unspecified atom stereocenters. The summed E-state index contributed by atoms with van der Waals surface area (Å²) in [6.45, 7) is 4.27. The number of nitrogens with zero attached hydrogens (tertiary/aromatic N) is 2. The molecule has 0 radical (unpaired) electrons. The number of fused-ring (bicyclic) bond motifs is 2. The van der Waals surface area contributed by atoms with Gasteiger partial charge in [-0.25, -0.2) is 4.98 Å². The van der Waals surface area contributed by atoms with E-state index >= 15 is 0 Å². The Morgan fingerprint density at radius 2 is 2.05 bits per heavy atom. The fraction of sp³-hybridized carbons (Fsp3) is 0.167. The summed E-state index contributed by atoms with van der Waals surface area (Å²) in [7, 11) is 0. The van der Waals surface area contributed by atoms with Crippen molar-refractivity contribution in [1.82, 2.24) is 14.1 Å². The number of imidazole rings is 1. The lowest BCUT2D eigenvalue weighted by atomic mass is 9.97. The largest absolute Gasteiger partial charge is 0.332 e. The van der Waals surface area contributed by atoms with E-state index in [4.69, 9.17) is 0 Å². The third-order valence-electron chi connectivity index (χ3n) is 4.14. The first-order valence-corrected chi connectivity index (χ1v) is 8.19. The monoisotopic (exact) mass is 307 g/mol. The van der Waals surface area contributed by atoms with Crippen molar-refractivity contribution in [2.75, 3.05) is 0 Å². The van der Waals surface area contributed by atoms with E-state index < -0.39 is 0 Å². The molecule has 0 aliphatic carbocycles. The molecule has 4 rings (SSSR count). The number of hydrogen-bond donors (Lipinski definition) is 1. The van der Waals surface area contributed by atoms with Crippen LogP contribution in [0.3, 0.4) is 0 Å². The Labute approximate surface area is 134 Å². The molecule has 22 heavy (non-hydrogen) atoms. The van der Waals surface area contributed by atoms with Gasteiger partial charge in [-0.15, -0.1) is 0 Å². The zero-order valence-corrected chi connectivity index (χ0v) is 13.4. The van der Waals surface area contributed by atoms with Gasteiger partial charge in [0.15, 0.2) is 0 Å². The highest BCUT2D eigenvalue weighted by Gasteiger charge is 2.18. The summed E-state index contributed by atoms with van der Waals surface area (Å²) in [6, 6.07) is 12.6. The molecule has 4 heteroatoms. The molecule has 1 aromatic carbocycles. The maximum Gasteiger partial charge on any atom is 0.137 e. The SMILES string of the molecule is Cc1cccc2c1C(Cc1c(C)nc3ccccn13)=CNS2. The molecule has 2 aromatic heterocycles. The van der Waals surface area contributed by atoms with Crippen molar-refractivity contribution in [2.45, 2.75) is 25.2 Å². The van der Waals surface area contributed by atoms with Crippen LogP contribution >= 0.6 is 11.9 Å². The molecule has 1 aliphatic heterocycles. The predicted molar refractivity (Wildman–Crippen MR) is 91.8 cm³/mol. The molecule has 0 amide bonds. The average molecular weight is 307 g/mol. The first-order valence-electron chi connectivity index (χ1n) is 7.38. The summed E-state index contributed by atoms with van der Waals surface area (Å²) in [5.41, 5.74) is 7.37. The Morgan fingerprint density at radius 3 is 2.95 bits per heavy atom. The molecule has 0 saturated carbocycles. The van der Waals surface area contributed by atoms with Gasteiger partial charge in [-0.05, 0) is 60.7 Å². The zero-order chi connectivity index (χ0) is 15.1. The molecule has 3 nitrogen and oxygen atoms in total. The van der Waals surface area contributed by atoms with Crippen molar-refractivity contribution in [3.05, 3.63) is 71.3 Å². The van der Waals surface area contributed by atoms with Crippen molar-refractivity contribution in [3.63, 3.8) is 0 Å². The Morgan fingerprint density at radius 1 is 1.14 bits per heavy atom. The highest BCUT2D eigenvalue weighted by atomic mass is 32.2. The lowest BCUT2D eigenvalue weighted by molar-refractivity contribution is 1.03. The number of hydrogen-bond acceptors (Lipinski definition) is 3. The van der Waals surface area contributed by atoms with Gasteiger partial charge in [-0.3, -0.25) is 0 Å². The van der Waals surface area contributed by atoms with Crippen molar-refractivity contribution >= 4 is 23.2 Å². The highest BCUT2D eigenvalue weighted by molar-refractivity contribution is 7.97. The summed E-state index contributed by atoms with van der Waals surface area (Å²) in [6.07, 6.45) is 5.10. The van der Waals surface area contributed by atoms with Crippen LogP contribution in [-0.4, -0.2) is 9.38 Å². The van der Waals surface area contributed by atoms with E-state index in [0.29, 0.717) is 0 Å². The van der Waals surface area contributed by atoms with Gasteiger partial charge in [-0.1, -0.05) is 18.2 Å². The molecule has 0 bridgehead atoms. The van der Waals surface area contributed by atoms with E-state index in [0.717, 1.165) is 17.8 Å². The van der Waals surface area contributed by atoms with E-state index in [1.54, 1.807) is 11.9 Å². The normalized spacial score (nSPS) is 13.6. The lowest BCUT2D eigenvalue weighted by Gasteiger charge is -2.20. The summed E-state index contributed by atoms with van der Waals surface area (Å²) in [4.78, 5) is 5.96. The maximum atomic E-state index is 4.67. The molecule has 1 aliphatic rings. The fourth-order valence-electron chi connectivity index (χ4n) is 3.07. The van der Waals surface area contributed by atoms with Gasteiger partial charge >= 0.3 is 0 Å². The predicted octanol–water partition coefficient (Wildman–Crippen LogP) is 4.15. The van der Waals surface area contributed by atoms with Crippen molar-refractivity contribution in [2.24, 2.45) is 0 Å². The van der Waals surface area contributed by atoms with Crippen molar-refractivity contribution in [1.29, 1.82) is 0 Å². The smallest absolute Gasteiger partial charge is 0.137 e. The van der Waals surface area contributed by atoms with E-state index in [9.17, 15) is 0 Å². The molecule has 0 spiro atoms. The van der Waals surface area contributed by atoms with Gasteiger partial charge in [0, 0.05) is 29.4 Å². The van der Waals surface area contributed by atoms with Crippen LogP contribution < -0.4 is 4.72 Å². The third-order valence-corrected chi connectivity index (χ3v) is 4.94. The number of aryl methyl sites for hydroxylation is 2. The van der Waals surface area contributed by atoms with Crippen LogP contribution in [0.25, 0.3) is 11.2 Å². The summed E-state index contributed by atoms with van der Waals surface area (Å²) < 4.78 is 5.51. The Bertz CT molecular complexity index is 892. The molecule has 1 N–H and O–H groups in total. The molecule has 3 aromatic rings. The van der Waals surface area contributed by atoms with Crippen LogP contribution in [0.4, 0.5) is 0 Å². The fourth-order valence-corrected chi connectivity index (χ4v) is 3.94. The summed E-state index contributed by atoms with van der Waals surface area (Å²) in [5.74, 6) is 0. The van der Waals surface area contributed by atoms with Gasteiger partial charge in [0.2, 0.25) is 0 Å². The minimum absolute atomic E-state index is 0.877. The highest BCUT2D eigenvalue weighted by Crippen LogP contribution is 2.35. The topological polar surface area (TPSA) is 29.3 Å². The van der Waals surface area contributed by atoms with Crippen molar-refractivity contribution < 1.29 is 0 Å². The van der Waals surface area contributed by atoms with Crippen LogP contribution in [0.2, 0.25) is 0 Å². The molecule has 110 valence electrons. The van der Waals surface area contributed by atoms with Crippen LogP contribution in [0, 0.1) is 13.8 Å². The zero-order valence-electron chi connectivity index (χ0n) is 12.6. The molecule has 0 atom stereocenters. The van der Waals surface area contributed by atoms with E-state index in [1.165, 1.54) is 27.3 Å². The van der Waals surface area contributed by atoms with E-state index in [-0.39, 0.29) is 0 Å².